The lowest BCUT2D eigenvalue weighted by Crippen LogP contribution is -2.14. The lowest BCUT2D eigenvalue weighted by Gasteiger charge is -2.12. The Morgan fingerprint density at radius 2 is 2.17 bits per heavy atom. The van der Waals surface area contributed by atoms with Crippen LogP contribution in [-0.2, 0) is 9.47 Å². The summed E-state index contributed by atoms with van der Waals surface area (Å²) in [6.07, 6.45) is -2.37. The normalized spacial score (nSPS) is 12.6. The minimum Gasteiger partial charge on any atom is -0.462 e. The van der Waals surface area contributed by atoms with Crippen molar-refractivity contribution >= 4 is 5.97 Å². The summed E-state index contributed by atoms with van der Waals surface area (Å²) in [5.41, 5.74) is -0.957. The highest BCUT2D eigenvalue weighted by atomic mass is 19.3. The molecule has 1 rings (SSSR count). The molecule has 5 nitrogen and oxygen atoms in total. The number of nitrogens with zero attached hydrogens (tertiary/aromatic N) is 2. The Bertz CT molecular complexity index is 427. The second kappa shape index (κ2) is 6.34. The Labute approximate surface area is 103 Å². The van der Waals surface area contributed by atoms with Crippen molar-refractivity contribution in [3.8, 4) is 0 Å². The molecule has 0 aliphatic rings. The maximum atomic E-state index is 12.8. The standard InChI is InChI=1S/C11H14F2N2O3/c1-4-18-11(16)7-5-14-10(6(2)17-3)15-8(7)9(12)13/h5-6,9H,4H2,1-3H3. The molecule has 0 amide bonds. The summed E-state index contributed by atoms with van der Waals surface area (Å²) in [4.78, 5) is 18.9. The van der Waals surface area contributed by atoms with E-state index in [-0.39, 0.29) is 18.0 Å². The molecule has 0 aromatic carbocycles. The molecule has 0 bridgehead atoms. The van der Waals surface area contributed by atoms with Crippen LogP contribution >= 0.6 is 0 Å². The average molecular weight is 260 g/mol. The lowest BCUT2D eigenvalue weighted by atomic mass is 10.2. The summed E-state index contributed by atoms with van der Waals surface area (Å²) >= 11 is 0. The number of aromatic nitrogens is 2. The molecule has 0 saturated heterocycles. The lowest BCUT2D eigenvalue weighted by molar-refractivity contribution is 0.0510. The van der Waals surface area contributed by atoms with Crippen LogP contribution in [0.5, 0.6) is 0 Å². The highest BCUT2D eigenvalue weighted by Crippen LogP contribution is 2.23. The Morgan fingerprint density at radius 3 is 2.67 bits per heavy atom. The van der Waals surface area contributed by atoms with Crippen LogP contribution in [-0.4, -0.2) is 29.7 Å². The number of esters is 1. The van der Waals surface area contributed by atoms with Gasteiger partial charge in [0.15, 0.2) is 5.82 Å². The summed E-state index contributed by atoms with van der Waals surface area (Å²) in [5.74, 6) is -0.759. The van der Waals surface area contributed by atoms with E-state index in [9.17, 15) is 13.6 Å². The van der Waals surface area contributed by atoms with Crippen molar-refractivity contribution in [1.29, 1.82) is 0 Å². The van der Waals surface area contributed by atoms with Crippen LogP contribution in [0.1, 0.15) is 48.3 Å². The monoisotopic (exact) mass is 260 g/mol. The maximum absolute atomic E-state index is 12.8. The summed E-state index contributed by atoms with van der Waals surface area (Å²) in [7, 11) is 1.41. The molecule has 100 valence electrons. The van der Waals surface area contributed by atoms with Crippen molar-refractivity contribution in [1.82, 2.24) is 9.97 Å². The molecular weight excluding hydrogens is 246 g/mol. The summed E-state index contributed by atoms with van der Waals surface area (Å²) in [6.45, 7) is 3.30. The van der Waals surface area contributed by atoms with Gasteiger partial charge in [-0.25, -0.2) is 23.5 Å². The second-order valence-electron chi connectivity index (χ2n) is 3.43. The first kappa shape index (κ1) is 14.4. The predicted molar refractivity (Wildman–Crippen MR) is 58.4 cm³/mol. The highest BCUT2D eigenvalue weighted by molar-refractivity contribution is 5.90. The predicted octanol–water partition coefficient (Wildman–Crippen LogP) is 2.30. The molecular formula is C11H14F2N2O3. The van der Waals surface area contributed by atoms with E-state index >= 15 is 0 Å². The van der Waals surface area contributed by atoms with Gasteiger partial charge in [-0.2, -0.15) is 0 Å². The molecule has 0 N–H and O–H groups in total. The first-order chi connectivity index (χ1) is 8.51. The number of hydrogen-bond acceptors (Lipinski definition) is 5. The molecule has 0 fully saturated rings. The van der Waals surface area contributed by atoms with Crippen LogP contribution in [0.2, 0.25) is 0 Å². The largest absolute Gasteiger partial charge is 0.462 e. The average Bonchev–Trinajstić information content (AvgIpc) is 2.37. The van der Waals surface area contributed by atoms with Gasteiger partial charge in [-0.1, -0.05) is 0 Å². The smallest absolute Gasteiger partial charge is 0.341 e. The maximum Gasteiger partial charge on any atom is 0.341 e. The third kappa shape index (κ3) is 3.19. The fourth-order valence-corrected chi connectivity index (χ4v) is 1.24. The zero-order valence-corrected chi connectivity index (χ0v) is 10.3. The van der Waals surface area contributed by atoms with Crippen molar-refractivity contribution in [3.05, 3.63) is 23.3 Å². The quantitative estimate of drug-likeness (QED) is 0.760. The first-order valence-corrected chi connectivity index (χ1v) is 5.36. The second-order valence-corrected chi connectivity index (χ2v) is 3.43. The van der Waals surface area contributed by atoms with E-state index < -0.39 is 24.2 Å². The molecule has 1 aromatic heterocycles. The summed E-state index contributed by atoms with van der Waals surface area (Å²) < 4.78 is 35.3. The van der Waals surface area contributed by atoms with Crippen LogP contribution in [0.25, 0.3) is 0 Å². The van der Waals surface area contributed by atoms with Crippen molar-refractivity contribution in [3.63, 3.8) is 0 Å². The Hall–Kier alpha value is -1.63. The van der Waals surface area contributed by atoms with Gasteiger partial charge in [-0.05, 0) is 13.8 Å². The molecule has 0 aliphatic heterocycles. The third-order valence-electron chi connectivity index (χ3n) is 2.26. The number of hydrogen-bond donors (Lipinski definition) is 0. The molecule has 1 heterocycles. The van der Waals surface area contributed by atoms with Crippen LogP contribution in [0.15, 0.2) is 6.20 Å². The molecule has 0 aliphatic carbocycles. The van der Waals surface area contributed by atoms with Gasteiger partial charge in [-0.15, -0.1) is 0 Å². The van der Waals surface area contributed by atoms with Gasteiger partial charge in [0.25, 0.3) is 6.43 Å². The fourth-order valence-electron chi connectivity index (χ4n) is 1.24. The van der Waals surface area contributed by atoms with Gasteiger partial charge in [-0.3, -0.25) is 0 Å². The number of rotatable bonds is 5. The van der Waals surface area contributed by atoms with Crippen molar-refractivity contribution in [2.24, 2.45) is 0 Å². The van der Waals surface area contributed by atoms with Gasteiger partial charge in [0.1, 0.15) is 17.4 Å². The Kier molecular flexibility index (Phi) is 5.08. The van der Waals surface area contributed by atoms with Crippen molar-refractivity contribution < 1.29 is 23.0 Å². The van der Waals surface area contributed by atoms with E-state index in [1.165, 1.54) is 7.11 Å². The first-order valence-electron chi connectivity index (χ1n) is 5.36. The zero-order chi connectivity index (χ0) is 13.7. The van der Waals surface area contributed by atoms with Gasteiger partial charge in [0, 0.05) is 13.3 Å². The van der Waals surface area contributed by atoms with Gasteiger partial charge >= 0.3 is 5.97 Å². The molecule has 1 unspecified atom stereocenters. The molecule has 0 saturated carbocycles. The molecule has 0 radical (unpaired) electrons. The third-order valence-corrected chi connectivity index (χ3v) is 2.26. The Balaban J connectivity index is 3.16. The van der Waals surface area contributed by atoms with E-state index in [0.29, 0.717) is 0 Å². The molecule has 7 heteroatoms. The van der Waals surface area contributed by atoms with Crippen LogP contribution in [0.4, 0.5) is 8.78 Å². The number of carbonyl (C=O) groups excluding carboxylic acids is 1. The van der Waals surface area contributed by atoms with E-state index in [0.717, 1.165) is 6.20 Å². The fraction of sp³-hybridized carbons (Fsp3) is 0.545. The number of carbonyl (C=O) groups is 1. The molecule has 18 heavy (non-hydrogen) atoms. The summed E-state index contributed by atoms with van der Waals surface area (Å²) in [6, 6.07) is 0. The van der Waals surface area contributed by atoms with Gasteiger partial charge < -0.3 is 9.47 Å². The Morgan fingerprint density at radius 1 is 1.50 bits per heavy atom. The van der Waals surface area contributed by atoms with E-state index in [2.05, 4.69) is 14.7 Å². The highest BCUT2D eigenvalue weighted by Gasteiger charge is 2.23. The van der Waals surface area contributed by atoms with Gasteiger partial charge in [0.2, 0.25) is 0 Å². The van der Waals surface area contributed by atoms with Crippen LogP contribution in [0, 0.1) is 0 Å². The SMILES string of the molecule is CCOC(=O)c1cnc(C(C)OC)nc1C(F)F. The number of halogens is 2. The summed E-state index contributed by atoms with van der Waals surface area (Å²) in [5, 5.41) is 0. The van der Waals surface area contributed by atoms with Crippen LogP contribution in [0.3, 0.4) is 0 Å². The molecule has 1 atom stereocenters. The minimum atomic E-state index is -2.88. The molecule has 0 spiro atoms. The van der Waals surface area contributed by atoms with Gasteiger partial charge in [0.05, 0.1) is 6.61 Å². The number of ether oxygens (including phenoxy) is 2. The van der Waals surface area contributed by atoms with Crippen LogP contribution < -0.4 is 0 Å². The number of methoxy groups -OCH3 is 1. The van der Waals surface area contributed by atoms with Crippen molar-refractivity contribution in [2.75, 3.05) is 13.7 Å². The zero-order valence-electron chi connectivity index (χ0n) is 10.3. The van der Waals surface area contributed by atoms with Crippen molar-refractivity contribution in [2.45, 2.75) is 26.4 Å². The van der Waals surface area contributed by atoms with E-state index in [4.69, 9.17) is 4.74 Å². The van der Waals surface area contributed by atoms with E-state index in [1.807, 2.05) is 0 Å². The topological polar surface area (TPSA) is 61.3 Å². The van der Waals surface area contributed by atoms with E-state index in [1.54, 1.807) is 13.8 Å². The molecule has 1 aromatic rings. The number of alkyl halides is 2. The minimum absolute atomic E-state index is 0.0950.